The van der Waals surface area contributed by atoms with E-state index in [4.69, 9.17) is 16.0 Å². The van der Waals surface area contributed by atoms with Crippen LogP contribution in [0.2, 0.25) is 5.02 Å². The molecule has 4 heterocycles. The number of halogens is 2. The molecule has 0 spiro atoms. The predicted molar refractivity (Wildman–Crippen MR) is 179 cm³/mol. The van der Waals surface area contributed by atoms with Gasteiger partial charge >= 0.3 is 5.69 Å². The number of nitrogens with zero attached hydrogens (tertiary/aromatic N) is 6. The molecule has 13 heteroatoms. The molecule has 1 N–H and O–H groups in total. The molecule has 1 atom stereocenters. The van der Waals surface area contributed by atoms with E-state index in [1.807, 2.05) is 31.2 Å². The van der Waals surface area contributed by atoms with E-state index in [0.717, 1.165) is 16.8 Å². The molecule has 236 valence electrons. The van der Waals surface area contributed by atoms with Gasteiger partial charge in [0.2, 0.25) is 0 Å². The molecule has 11 nitrogen and oxygen atoms in total. The number of imidazole rings is 1. The predicted octanol–water partition coefficient (Wildman–Crippen LogP) is 5.94. The molecule has 47 heavy (non-hydrogen) atoms. The largest absolute Gasteiger partial charge is 0.441 e. The number of hydrogen-bond donors (Lipinski definition) is 1. The lowest BCUT2D eigenvalue weighted by Gasteiger charge is -2.34. The van der Waals surface area contributed by atoms with E-state index < -0.39 is 11.6 Å². The van der Waals surface area contributed by atoms with Crippen molar-refractivity contribution in [2.24, 2.45) is 0 Å². The van der Waals surface area contributed by atoms with Crippen LogP contribution in [0.1, 0.15) is 44.9 Å². The summed E-state index contributed by atoms with van der Waals surface area (Å²) in [5, 5.41) is 3.43. The van der Waals surface area contributed by atoms with E-state index in [2.05, 4.69) is 36.2 Å². The Morgan fingerprint density at radius 2 is 1.94 bits per heavy atom. The Balaban J connectivity index is 1.30. The van der Waals surface area contributed by atoms with E-state index in [0.29, 0.717) is 43.4 Å². The summed E-state index contributed by atoms with van der Waals surface area (Å²) in [5.74, 6) is -0.251. The highest BCUT2D eigenvalue weighted by Crippen LogP contribution is 2.29. The molecule has 0 saturated carbocycles. The van der Waals surface area contributed by atoms with Crippen LogP contribution in [0.3, 0.4) is 0 Å². The molecule has 0 bridgehead atoms. The average molecular weight is 713 g/mol. The molecule has 0 aliphatic carbocycles. The molecular formula is C34H27BrClN7O4. The number of aromatic nitrogens is 5. The standard InChI is InChI=1S/C34H27BrClN7O4/c1-19-16-42-29(17-41(19)33(45)21-7-9-25(35)26(36)13-21)31(43(34(42)46)23-8-10-30-28(14-23)40-20(2)47-30)32(44)38-15-22-5-3-4-6-24(22)27-11-12-37-18-39-27/h3-14,18-19H,15-17H2,1-2H3,(H,38,44)/t19-/m1/s1. The number of fused-ring (bicyclic) bond motifs is 2. The second-order valence-electron chi connectivity index (χ2n) is 11.3. The Bertz CT molecular complexity index is 2240. The van der Waals surface area contributed by atoms with Gasteiger partial charge in [-0.25, -0.2) is 19.7 Å². The topological polar surface area (TPSA) is 128 Å². The van der Waals surface area contributed by atoms with Crippen molar-refractivity contribution >= 4 is 50.4 Å². The van der Waals surface area contributed by atoms with Crippen molar-refractivity contribution < 1.29 is 14.0 Å². The minimum atomic E-state index is -0.474. The second-order valence-corrected chi connectivity index (χ2v) is 12.5. The van der Waals surface area contributed by atoms with Crippen molar-refractivity contribution in [3.8, 4) is 16.9 Å². The third-order valence-corrected chi connectivity index (χ3v) is 9.47. The fourth-order valence-corrected chi connectivity index (χ4v) is 6.39. The van der Waals surface area contributed by atoms with E-state index >= 15 is 0 Å². The van der Waals surface area contributed by atoms with Crippen molar-refractivity contribution in [1.82, 2.24) is 34.3 Å². The van der Waals surface area contributed by atoms with Gasteiger partial charge in [0.1, 0.15) is 17.5 Å². The summed E-state index contributed by atoms with van der Waals surface area (Å²) in [7, 11) is 0. The van der Waals surface area contributed by atoms with Gasteiger partial charge in [-0.3, -0.25) is 18.7 Å². The normalized spacial score (nSPS) is 14.3. The number of benzene rings is 3. The number of rotatable bonds is 6. The zero-order valence-corrected chi connectivity index (χ0v) is 27.6. The first-order valence-electron chi connectivity index (χ1n) is 14.8. The number of carbonyl (C=O) groups is 2. The summed E-state index contributed by atoms with van der Waals surface area (Å²) in [6.45, 7) is 4.00. The summed E-state index contributed by atoms with van der Waals surface area (Å²) >= 11 is 9.69. The van der Waals surface area contributed by atoms with Crippen molar-refractivity contribution in [3.63, 3.8) is 0 Å². The molecule has 3 aromatic carbocycles. The smallest absolute Gasteiger partial charge is 0.333 e. The summed E-state index contributed by atoms with van der Waals surface area (Å²) < 4.78 is 9.29. The molecule has 0 fully saturated rings. The quantitative estimate of drug-likeness (QED) is 0.227. The number of amides is 2. The lowest BCUT2D eigenvalue weighted by Crippen LogP contribution is -2.47. The Kier molecular flexibility index (Phi) is 7.98. The van der Waals surface area contributed by atoms with Gasteiger partial charge in [0.15, 0.2) is 11.5 Å². The Morgan fingerprint density at radius 3 is 2.72 bits per heavy atom. The second kappa shape index (κ2) is 12.3. The van der Waals surface area contributed by atoms with Gasteiger partial charge in [0.25, 0.3) is 11.8 Å². The molecule has 7 rings (SSSR count). The van der Waals surface area contributed by atoms with E-state index in [1.165, 1.54) is 10.9 Å². The van der Waals surface area contributed by atoms with Gasteiger partial charge in [-0.2, -0.15) is 0 Å². The highest BCUT2D eigenvalue weighted by atomic mass is 79.9. The zero-order chi connectivity index (χ0) is 32.8. The van der Waals surface area contributed by atoms with Gasteiger partial charge in [0, 0.05) is 47.9 Å². The van der Waals surface area contributed by atoms with E-state index in [9.17, 15) is 14.4 Å². The Morgan fingerprint density at radius 1 is 1.11 bits per heavy atom. The highest BCUT2D eigenvalue weighted by molar-refractivity contribution is 9.10. The molecule has 0 radical (unpaired) electrons. The van der Waals surface area contributed by atoms with Gasteiger partial charge in [-0.15, -0.1) is 0 Å². The lowest BCUT2D eigenvalue weighted by molar-refractivity contribution is 0.0610. The monoisotopic (exact) mass is 711 g/mol. The molecular weight excluding hydrogens is 686 g/mol. The molecule has 2 amide bonds. The first kappa shape index (κ1) is 30.6. The maximum Gasteiger partial charge on any atom is 0.333 e. The van der Waals surface area contributed by atoms with Crippen molar-refractivity contribution in [3.05, 3.63) is 128 Å². The number of hydrogen-bond acceptors (Lipinski definition) is 7. The van der Waals surface area contributed by atoms with Crippen molar-refractivity contribution in [2.45, 2.75) is 39.5 Å². The maximum absolute atomic E-state index is 14.3. The van der Waals surface area contributed by atoms with Crippen LogP contribution >= 0.6 is 27.5 Å². The highest BCUT2D eigenvalue weighted by Gasteiger charge is 2.35. The average Bonchev–Trinajstić information content (AvgIpc) is 3.59. The molecule has 3 aromatic heterocycles. The molecule has 0 unspecified atom stereocenters. The minimum Gasteiger partial charge on any atom is -0.441 e. The fourth-order valence-electron chi connectivity index (χ4n) is 5.96. The first-order valence-corrected chi connectivity index (χ1v) is 16.0. The van der Waals surface area contributed by atoms with Crippen LogP contribution in [0.15, 0.2) is 92.9 Å². The summed E-state index contributed by atoms with van der Waals surface area (Å²) in [6.07, 6.45) is 3.13. The maximum atomic E-state index is 14.3. The van der Waals surface area contributed by atoms with Crippen molar-refractivity contribution in [1.29, 1.82) is 0 Å². The van der Waals surface area contributed by atoms with Gasteiger partial charge in [-0.1, -0.05) is 35.9 Å². The Labute approximate surface area is 282 Å². The number of nitrogens with one attached hydrogen (secondary N) is 1. The van der Waals surface area contributed by atoms with Crippen LogP contribution < -0.4 is 11.0 Å². The molecule has 1 aliphatic rings. The van der Waals surface area contributed by atoms with Crippen LogP contribution in [0.5, 0.6) is 0 Å². The molecule has 6 aromatic rings. The summed E-state index contributed by atoms with van der Waals surface area (Å²) in [4.78, 5) is 56.6. The summed E-state index contributed by atoms with van der Waals surface area (Å²) in [5.41, 5.74) is 4.53. The molecule has 1 aliphatic heterocycles. The third kappa shape index (κ3) is 5.63. The van der Waals surface area contributed by atoms with Gasteiger partial charge < -0.3 is 14.6 Å². The first-order chi connectivity index (χ1) is 22.7. The van der Waals surface area contributed by atoms with Crippen LogP contribution in [-0.4, -0.2) is 46.8 Å². The van der Waals surface area contributed by atoms with Gasteiger partial charge in [-0.05, 0) is 70.9 Å². The molecule has 0 saturated heterocycles. The van der Waals surface area contributed by atoms with Crippen LogP contribution in [-0.2, 0) is 19.6 Å². The number of aryl methyl sites for hydroxylation is 1. The lowest BCUT2D eigenvalue weighted by atomic mass is 10.0. The summed E-state index contributed by atoms with van der Waals surface area (Å²) in [6, 6.07) is 19.3. The minimum absolute atomic E-state index is 0.0293. The van der Waals surface area contributed by atoms with E-state index in [-0.39, 0.29) is 37.3 Å². The third-order valence-electron chi connectivity index (χ3n) is 8.24. The number of oxazole rings is 1. The van der Waals surface area contributed by atoms with Crippen LogP contribution in [0, 0.1) is 6.92 Å². The van der Waals surface area contributed by atoms with E-state index in [1.54, 1.807) is 65.1 Å². The van der Waals surface area contributed by atoms with Gasteiger partial charge in [0.05, 0.1) is 28.6 Å². The SMILES string of the molecule is Cc1nc2cc(-n3c(C(=O)NCc4ccccc4-c4ccncn4)c4n(c3=O)C[C@@H](C)N(C(=O)c3ccc(Br)c(Cl)c3)C4)ccc2o1. The van der Waals surface area contributed by atoms with Crippen molar-refractivity contribution in [2.75, 3.05) is 0 Å². The Hall–Kier alpha value is -5.07. The van der Waals surface area contributed by atoms with Crippen LogP contribution in [0.25, 0.3) is 28.0 Å². The fraction of sp³-hybridized carbons (Fsp3) is 0.176. The van der Waals surface area contributed by atoms with Crippen LogP contribution in [0.4, 0.5) is 0 Å². The zero-order valence-electron chi connectivity index (χ0n) is 25.3. The number of carbonyl (C=O) groups excluding carboxylic acids is 2.